The smallest absolute Gasteiger partial charge is 0.0725 e. The third kappa shape index (κ3) is 5.46. The SMILES string of the molecule is Cc1ccc2c(c1)C1(c3ccccc3-c3cc(N(c4ccc(-c5ccc(C6CC7CC8CC(C7)CC6C8)cc5)cc4)c4ccc5c(c4)-c4ccccc4C5(C)C)ccc31)c1cc(C)ccc1-2. The first-order valence-corrected chi connectivity index (χ1v) is 24.9. The molecule has 4 bridgehead atoms. The van der Waals surface area contributed by atoms with Gasteiger partial charge in [0.15, 0.2) is 0 Å². The van der Waals surface area contributed by atoms with E-state index in [2.05, 4.69) is 202 Å². The Morgan fingerprint density at radius 1 is 0.379 bits per heavy atom. The van der Waals surface area contributed by atoms with Gasteiger partial charge >= 0.3 is 0 Å². The molecule has 0 aliphatic heterocycles. The van der Waals surface area contributed by atoms with Crippen LogP contribution in [0.1, 0.15) is 108 Å². The maximum Gasteiger partial charge on any atom is 0.0725 e. The molecule has 3 unspecified atom stereocenters. The van der Waals surface area contributed by atoms with Crippen molar-refractivity contribution in [3.05, 3.63) is 220 Å². The van der Waals surface area contributed by atoms with Gasteiger partial charge in [0.1, 0.15) is 0 Å². The molecule has 0 N–H and O–H groups in total. The largest absolute Gasteiger partial charge is 0.310 e. The Kier molecular flexibility index (Phi) is 8.25. The molecule has 0 heterocycles. The highest BCUT2D eigenvalue weighted by Crippen LogP contribution is 2.64. The molecular formula is C65H57N. The van der Waals surface area contributed by atoms with Crippen molar-refractivity contribution in [3.63, 3.8) is 0 Å². The highest BCUT2D eigenvalue weighted by atomic mass is 15.1. The number of hydrogen-bond donors (Lipinski definition) is 0. The lowest BCUT2D eigenvalue weighted by atomic mass is 9.67. The monoisotopic (exact) mass is 851 g/mol. The third-order valence-electron chi connectivity index (χ3n) is 17.8. The van der Waals surface area contributed by atoms with Gasteiger partial charge in [-0.15, -0.1) is 0 Å². The lowest BCUT2D eigenvalue weighted by molar-refractivity contribution is 0.131. The lowest BCUT2D eigenvalue weighted by Crippen LogP contribution is -2.27. The van der Waals surface area contributed by atoms with Gasteiger partial charge in [0.25, 0.3) is 0 Å². The molecule has 15 rings (SSSR count). The van der Waals surface area contributed by atoms with Gasteiger partial charge in [-0.05, 0) is 202 Å². The van der Waals surface area contributed by atoms with E-state index in [9.17, 15) is 0 Å². The highest BCUT2D eigenvalue weighted by molar-refractivity contribution is 5.97. The van der Waals surface area contributed by atoms with Crippen molar-refractivity contribution in [3.8, 4) is 44.5 Å². The molecule has 4 saturated carbocycles. The van der Waals surface area contributed by atoms with Crippen molar-refractivity contribution in [2.45, 2.75) is 83.0 Å². The second kappa shape index (κ2) is 14.0. The fraction of sp³-hybridized carbons (Fsp3) is 0.262. The minimum atomic E-state index is -0.382. The molecule has 0 saturated heterocycles. The predicted molar refractivity (Wildman–Crippen MR) is 274 cm³/mol. The first kappa shape index (κ1) is 38.8. The van der Waals surface area contributed by atoms with Crippen LogP contribution in [-0.4, -0.2) is 0 Å². The van der Waals surface area contributed by atoms with Crippen LogP contribution in [0, 0.1) is 37.5 Å². The van der Waals surface area contributed by atoms with Crippen molar-refractivity contribution in [2.24, 2.45) is 23.7 Å². The molecule has 0 aromatic heterocycles. The summed E-state index contributed by atoms with van der Waals surface area (Å²) in [4.78, 5) is 2.51. The van der Waals surface area contributed by atoms with Crippen LogP contribution >= 0.6 is 0 Å². The standard InChI is InChI=1S/C65H57N/c1-39-13-25-53-54-26-14-40(2)30-63(54)65(62(53)29-39)60-12-8-6-10-52(60)57-38-50(24-28-61(57)65)66(49-23-27-59-56(37-49)51-9-5-7-11-58(51)64(59,3)4)48-21-19-45(20-22-48)44-15-17-46(18-16-44)55-36-43-32-41-31-42(33-43)35-47(55)34-41/h5-30,37-38,41-43,47,55H,31-36H2,1-4H3. The number of benzene rings is 8. The summed E-state index contributed by atoms with van der Waals surface area (Å²) in [7, 11) is 0. The second-order valence-corrected chi connectivity index (χ2v) is 21.9. The molecule has 0 amide bonds. The molecule has 1 heteroatoms. The zero-order valence-corrected chi connectivity index (χ0v) is 38.7. The topological polar surface area (TPSA) is 3.24 Å². The maximum atomic E-state index is 2.51. The fourth-order valence-electron chi connectivity index (χ4n) is 15.1. The average Bonchev–Trinajstić information content (AvgIpc) is 3.80. The van der Waals surface area contributed by atoms with Crippen LogP contribution in [0.4, 0.5) is 17.1 Å². The summed E-state index contributed by atoms with van der Waals surface area (Å²) in [6.45, 7) is 9.23. The lowest BCUT2D eigenvalue weighted by Gasteiger charge is -2.39. The molecule has 8 aromatic carbocycles. The number of aryl methyl sites for hydroxylation is 2. The van der Waals surface area contributed by atoms with Crippen molar-refractivity contribution in [1.82, 2.24) is 0 Å². The minimum absolute atomic E-state index is 0.0575. The quantitative estimate of drug-likeness (QED) is 0.167. The van der Waals surface area contributed by atoms with E-state index in [1.54, 1.807) is 5.56 Å². The van der Waals surface area contributed by atoms with Crippen LogP contribution in [0.5, 0.6) is 0 Å². The summed E-state index contributed by atoms with van der Waals surface area (Å²) in [6.07, 6.45) is 8.82. The van der Waals surface area contributed by atoms with E-state index in [1.165, 1.54) is 139 Å². The van der Waals surface area contributed by atoms with Crippen molar-refractivity contribution in [2.75, 3.05) is 4.90 Å². The highest BCUT2D eigenvalue weighted by Gasteiger charge is 2.52. The van der Waals surface area contributed by atoms with Crippen LogP contribution in [-0.2, 0) is 10.8 Å². The number of rotatable bonds is 5. The number of anilines is 3. The van der Waals surface area contributed by atoms with Gasteiger partial charge in [-0.25, -0.2) is 0 Å². The summed E-state index contributed by atoms with van der Waals surface area (Å²) in [5, 5.41) is 0. The van der Waals surface area contributed by atoms with Gasteiger partial charge in [0.05, 0.1) is 5.41 Å². The van der Waals surface area contributed by atoms with Crippen LogP contribution in [0.25, 0.3) is 44.5 Å². The van der Waals surface area contributed by atoms with E-state index in [0.717, 1.165) is 35.3 Å². The van der Waals surface area contributed by atoms with Crippen LogP contribution in [0.15, 0.2) is 170 Å². The van der Waals surface area contributed by atoms with Gasteiger partial charge in [-0.2, -0.15) is 0 Å². The molecule has 1 nitrogen and oxygen atoms in total. The van der Waals surface area contributed by atoms with Crippen molar-refractivity contribution >= 4 is 17.1 Å². The van der Waals surface area contributed by atoms with E-state index < -0.39 is 0 Å². The average molecular weight is 852 g/mol. The Morgan fingerprint density at radius 2 is 0.833 bits per heavy atom. The van der Waals surface area contributed by atoms with E-state index in [1.807, 2.05) is 0 Å². The Hall–Kier alpha value is -6.44. The molecule has 4 fully saturated rings. The number of fused-ring (bicyclic) bond motifs is 14. The predicted octanol–water partition coefficient (Wildman–Crippen LogP) is 17.0. The van der Waals surface area contributed by atoms with E-state index in [4.69, 9.17) is 0 Å². The molecule has 0 radical (unpaired) electrons. The van der Waals surface area contributed by atoms with Gasteiger partial charge in [0, 0.05) is 22.5 Å². The molecule has 7 aliphatic rings. The summed E-state index contributed by atoms with van der Waals surface area (Å²) in [5.74, 6) is 4.55. The molecule has 7 aliphatic carbocycles. The van der Waals surface area contributed by atoms with Crippen LogP contribution in [0.2, 0.25) is 0 Å². The fourth-order valence-corrected chi connectivity index (χ4v) is 15.1. The third-order valence-corrected chi connectivity index (χ3v) is 17.8. The van der Waals surface area contributed by atoms with Crippen molar-refractivity contribution < 1.29 is 0 Å². The molecule has 1 spiro atoms. The van der Waals surface area contributed by atoms with Crippen molar-refractivity contribution in [1.29, 1.82) is 0 Å². The Morgan fingerprint density at radius 3 is 1.45 bits per heavy atom. The summed E-state index contributed by atoms with van der Waals surface area (Å²) in [5.41, 5.74) is 26.2. The van der Waals surface area contributed by atoms with E-state index in [0.29, 0.717) is 0 Å². The summed E-state index contributed by atoms with van der Waals surface area (Å²) < 4.78 is 0. The number of hydrogen-bond acceptors (Lipinski definition) is 1. The zero-order chi connectivity index (χ0) is 44.1. The first-order chi connectivity index (χ1) is 32.2. The van der Waals surface area contributed by atoms with Crippen LogP contribution < -0.4 is 4.90 Å². The molecule has 3 atom stereocenters. The molecule has 66 heavy (non-hydrogen) atoms. The summed E-state index contributed by atoms with van der Waals surface area (Å²) in [6, 6.07) is 66.2. The first-order valence-electron chi connectivity index (χ1n) is 24.9. The normalized spacial score (nSPS) is 22.6. The maximum absolute atomic E-state index is 2.51. The van der Waals surface area contributed by atoms with Gasteiger partial charge in [-0.1, -0.05) is 158 Å². The second-order valence-electron chi connectivity index (χ2n) is 21.9. The number of nitrogens with zero attached hydrogens (tertiary/aromatic N) is 1. The minimum Gasteiger partial charge on any atom is -0.310 e. The summed E-state index contributed by atoms with van der Waals surface area (Å²) >= 11 is 0. The Bertz CT molecular complexity index is 3230. The molecule has 322 valence electrons. The van der Waals surface area contributed by atoms with Gasteiger partial charge in [-0.3, -0.25) is 0 Å². The van der Waals surface area contributed by atoms with Crippen LogP contribution in [0.3, 0.4) is 0 Å². The van der Waals surface area contributed by atoms with Gasteiger partial charge < -0.3 is 4.90 Å². The Balaban J connectivity index is 0.898. The Labute approximate surface area is 391 Å². The van der Waals surface area contributed by atoms with E-state index >= 15 is 0 Å². The molecule has 8 aromatic rings. The van der Waals surface area contributed by atoms with Gasteiger partial charge in [0.2, 0.25) is 0 Å². The zero-order valence-electron chi connectivity index (χ0n) is 38.7. The molecular weight excluding hydrogens is 795 g/mol. The van der Waals surface area contributed by atoms with E-state index in [-0.39, 0.29) is 10.8 Å².